The van der Waals surface area contributed by atoms with E-state index in [-0.39, 0.29) is 5.91 Å². The molecule has 1 aromatic carbocycles. The summed E-state index contributed by atoms with van der Waals surface area (Å²) in [6, 6.07) is 5.97. The molecule has 5 nitrogen and oxygen atoms in total. The molecule has 0 unspecified atom stereocenters. The third-order valence-electron chi connectivity index (χ3n) is 4.97. The number of aryl methyl sites for hydroxylation is 2. The molecule has 1 aliphatic rings. The molecule has 25 heavy (non-hydrogen) atoms. The molecule has 1 N–H and O–H groups in total. The van der Waals surface area contributed by atoms with Crippen molar-refractivity contribution >= 4 is 5.91 Å². The number of rotatable bonds is 8. The van der Waals surface area contributed by atoms with Gasteiger partial charge < -0.3 is 19.9 Å². The average Bonchev–Trinajstić information content (AvgIpc) is 2.61. The van der Waals surface area contributed by atoms with Crippen LogP contribution in [0.4, 0.5) is 0 Å². The Morgan fingerprint density at radius 3 is 2.56 bits per heavy atom. The quantitative estimate of drug-likeness (QED) is 0.733. The zero-order valence-corrected chi connectivity index (χ0v) is 16.2. The Morgan fingerprint density at radius 1 is 1.20 bits per heavy atom. The lowest BCUT2D eigenvalue weighted by atomic mass is 10.1. The number of carbonyl (C=O) groups is 1. The SMILES string of the molecule is CC[C@@H](Oc1ccc(C)c(C)c1)C(=O)NCCCN1CCN(C)CC1. The van der Waals surface area contributed by atoms with Crippen LogP contribution >= 0.6 is 0 Å². The summed E-state index contributed by atoms with van der Waals surface area (Å²) in [5, 5.41) is 3.03. The number of hydrogen-bond donors (Lipinski definition) is 1. The van der Waals surface area contributed by atoms with Gasteiger partial charge in [-0.25, -0.2) is 0 Å². The Hall–Kier alpha value is -1.59. The van der Waals surface area contributed by atoms with Crippen molar-refractivity contribution in [2.24, 2.45) is 0 Å². The fourth-order valence-corrected chi connectivity index (χ4v) is 2.97. The molecule has 0 aliphatic carbocycles. The molecule has 5 heteroatoms. The molecule has 0 radical (unpaired) electrons. The lowest BCUT2D eigenvalue weighted by Gasteiger charge is -2.32. The van der Waals surface area contributed by atoms with Gasteiger partial charge in [-0.2, -0.15) is 0 Å². The Morgan fingerprint density at radius 2 is 1.92 bits per heavy atom. The van der Waals surface area contributed by atoms with Crippen molar-refractivity contribution in [3.05, 3.63) is 29.3 Å². The lowest BCUT2D eigenvalue weighted by Crippen LogP contribution is -2.45. The largest absolute Gasteiger partial charge is 0.481 e. The van der Waals surface area contributed by atoms with Gasteiger partial charge in [-0.3, -0.25) is 4.79 Å². The maximum absolute atomic E-state index is 12.4. The van der Waals surface area contributed by atoms with E-state index in [2.05, 4.69) is 36.0 Å². The van der Waals surface area contributed by atoms with Crippen LogP contribution in [0.1, 0.15) is 30.9 Å². The van der Waals surface area contributed by atoms with Crippen molar-refractivity contribution in [3.8, 4) is 5.75 Å². The van der Waals surface area contributed by atoms with Crippen molar-refractivity contribution in [3.63, 3.8) is 0 Å². The molecule has 0 saturated carbocycles. The molecular formula is C20H33N3O2. The fourth-order valence-electron chi connectivity index (χ4n) is 2.97. The first-order chi connectivity index (χ1) is 12.0. The van der Waals surface area contributed by atoms with Crippen LogP contribution < -0.4 is 10.1 Å². The second-order valence-corrected chi connectivity index (χ2v) is 7.05. The van der Waals surface area contributed by atoms with Gasteiger partial charge >= 0.3 is 0 Å². The smallest absolute Gasteiger partial charge is 0.261 e. The molecule has 1 atom stereocenters. The number of ether oxygens (including phenoxy) is 1. The predicted molar refractivity (Wildman–Crippen MR) is 102 cm³/mol. The van der Waals surface area contributed by atoms with Crippen LogP contribution in [0.15, 0.2) is 18.2 Å². The van der Waals surface area contributed by atoms with E-state index in [1.807, 2.05) is 25.1 Å². The number of carbonyl (C=O) groups excluding carboxylic acids is 1. The van der Waals surface area contributed by atoms with Gasteiger partial charge in [-0.05, 0) is 63.5 Å². The molecule has 2 rings (SSSR count). The average molecular weight is 348 g/mol. The first-order valence-corrected chi connectivity index (χ1v) is 9.42. The molecule has 0 spiro atoms. The third kappa shape index (κ3) is 6.33. The van der Waals surface area contributed by atoms with Crippen molar-refractivity contribution in [2.45, 2.75) is 39.7 Å². The van der Waals surface area contributed by atoms with E-state index >= 15 is 0 Å². The first kappa shape index (κ1) is 19.7. The molecule has 1 amide bonds. The minimum absolute atomic E-state index is 0.0147. The fraction of sp³-hybridized carbons (Fsp3) is 0.650. The van der Waals surface area contributed by atoms with Crippen molar-refractivity contribution in [1.82, 2.24) is 15.1 Å². The molecule has 140 valence electrons. The highest BCUT2D eigenvalue weighted by molar-refractivity contribution is 5.81. The summed E-state index contributed by atoms with van der Waals surface area (Å²) >= 11 is 0. The summed E-state index contributed by atoms with van der Waals surface area (Å²) < 4.78 is 5.89. The maximum atomic E-state index is 12.4. The van der Waals surface area contributed by atoms with E-state index < -0.39 is 6.10 Å². The lowest BCUT2D eigenvalue weighted by molar-refractivity contribution is -0.128. The Kier molecular flexibility index (Phi) is 7.72. The minimum Gasteiger partial charge on any atom is -0.481 e. The Bertz CT molecular complexity index is 554. The van der Waals surface area contributed by atoms with Gasteiger partial charge in [0.1, 0.15) is 5.75 Å². The van der Waals surface area contributed by atoms with Crippen LogP contribution in [0.2, 0.25) is 0 Å². The zero-order valence-electron chi connectivity index (χ0n) is 16.2. The molecule has 1 aromatic rings. The topological polar surface area (TPSA) is 44.8 Å². The summed E-state index contributed by atoms with van der Waals surface area (Å²) in [5.74, 6) is 0.752. The molecule has 0 aromatic heterocycles. The van der Waals surface area contributed by atoms with E-state index in [4.69, 9.17) is 4.74 Å². The van der Waals surface area contributed by atoms with Gasteiger partial charge in [0.15, 0.2) is 6.10 Å². The Balaban J connectivity index is 1.71. The normalized spacial score (nSPS) is 17.3. The number of hydrogen-bond acceptors (Lipinski definition) is 4. The highest BCUT2D eigenvalue weighted by atomic mass is 16.5. The van der Waals surface area contributed by atoms with Crippen LogP contribution in [-0.4, -0.2) is 68.1 Å². The predicted octanol–water partition coefficient (Wildman–Crippen LogP) is 2.21. The number of likely N-dealkylation sites (N-methyl/N-ethyl adjacent to an activating group) is 1. The summed E-state index contributed by atoms with van der Waals surface area (Å²) in [6.07, 6.45) is 1.22. The molecule has 1 aliphatic heterocycles. The Labute approximate surface area is 152 Å². The van der Waals surface area contributed by atoms with Gasteiger partial charge in [0, 0.05) is 32.7 Å². The second-order valence-electron chi connectivity index (χ2n) is 7.05. The van der Waals surface area contributed by atoms with Gasteiger partial charge in [0.2, 0.25) is 0 Å². The number of benzene rings is 1. The molecule has 1 fully saturated rings. The standard InChI is InChI=1S/C20H33N3O2/c1-5-19(25-18-8-7-16(2)17(3)15-18)20(24)21-9-6-10-23-13-11-22(4)12-14-23/h7-8,15,19H,5-6,9-14H2,1-4H3,(H,21,24)/t19-/m1/s1. The minimum atomic E-state index is -0.425. The van der Waals surface area contributed by atoms with E-state index in [0.29, 0.717) is 13.0 Å². The molecule has 1 heterocycles. The van der Waals surface area contributed by atoms with Crippen LogP contribution in [0.5, 0.6) is 5.75 Å². The summed E-state index contributed by atoms with van der Waals surface area (Å²) in [6.45, 7) is 12.4. The zero-order chi connectivity index (χ0) is 18.2. The van der Waals surface area contributed by atoms with Gasteiger partial charge in [0.25, 0.3) is 5.91 Å². The monoisotopic (exact) mass is 347 g/mol. The third-order valence-corrected chi connectivity index (χ3v) is 4.97. The molecule has 0 bridgehead atoms. The summed E-state index contributed by atoms with van der Waals surface area (Å²) in [7, 11) is 2.16. The van der Waals surface area contributed by atoms with Crippen LogP contribution in [-0.2, 0) is 4.79 Å². The van der Waals surface area contributed by atoms with Gasteiger partial charge in [0.05, 0.1) is 0 Å². The number of nitrogens with one attached hydrogen (secondary N) is 1. The number of nitrogens with zero attached hydrogens (tertiary/aromatic N) is 2. The van der Waals surface area contributed by atoms with E-state index in [9.17, 15) is 4.79 Å². The molecular weight excluding hydrogens is 314 g/mol. The van der Waals surface area contributed by atoms with Crippen LogP contribution in [0.3, 0.4) is 0 Å². The van der Waals surface area contributed by atoms with Gasteiger partial charge in [-0.15, -0.1) is 0 Å². The number of amides is 1. The van der Waals surface area contributed by atoms with Crippen LogP contribution in [0.25, 0.3) is 0 Å². The first-order valence-electron chi connectivity index (χ1n) is 9.42. The van der Waals surface area contributed by atoms with Crippen LogP contribution in [0, 0.1) is 13.8 Å². The van der Waals surface area contributed by atoms with Crippen molar-refractivity contribution < 1.29 is 9.53 Å². The van der Waals surface area contributed by atoms with E-state index in [1.165, 1.54) is 11.1 Å². The van der Waals surface area contributed by atoms with Gasteiger partial charge in [-0.1, -0.05) is 13.0 Å². The van der Waals surface area contributed by atoms with E-state index in [0.717, 1.165) is 44.9 Å². The highest BCUT2D eigenvalue weighted by Crippen LogP contribution is 2.18. The summed E-state index contributed by atoms with van der Waals surface area (Å²) in [4.78, 5) is 17.2. The second kappa shape index (κ2) is 9.78. The summed E-state index contributed by atoms with van der Waals surface area (Å²) in [5.41, 5.74) is 2.41. The van der Waals surface area contributed by atoms with Crippen molar-refractivity contribution in [2.75, 3.05) is 46.3 Å². The van der Waals surface area contributed by atoms with E-state index in [1.54, 1.807) is 0 Å². The van der Waals surface area contributed by atoms with Crippen molar-refractivity contribution in [1.29, 1.82) is 0 Å². The molecule has 1 saturated heterocycles. The highest BCUT2D eigenvalue weighted by Gasteiger charge is 2.18. The maximum Gasteiger partial charge on any atom is 0.261 e. The number of piperazine rings is 1.